The number of hydrogen-bond acceptors (Lipinski definition) is 3. The third kappa shape index (κ3) is 9.42. The van der Waals surface area contributed by atoms with E-state index in [2.05, 4.69) is 46.6 Å². The van der Waals surface area contributed by atoms with Crippen molar-refractivity contribution in [3.63, 3.8) is 0 Å². The first-order valence-electron chi connectivity index (χ1n) is 9.71. The molecule has 0 aliphatic carbocycles. The van der Waals surface area contributed by atoms with Crippen LogP contribution in [0.5, 0.6) is 0 Å². The van der Waals surface area contributed by atoms with Gasteiger partial charge in [-0.2, -0.15) is 0 Å². The van der Waals surface area contributed by atoms with Gasteiger partial charge in [-0.3, -0.25) is 4.79 Å². The van der Waals surface area contributed by atoms with Gasteiger partial charge in [0.15, 0.2) is 5.96 Å². The van der Waals surface area contributed by atoms with Gasteiger partial charge in [0.25, 0.3) is 0 Å². The zero-order valence-corrected chi connectivity index (χ0v) is 16.7. The molecule has 0 aliphatic heterocycles. The molecule has 0 aliphatic rings. The molecule has 1 unspecified atom stereocenters. The van der Waals surface area contributed by atoms with Crippen LogP contribution >= 0.6 is 0 Å². The molecule has 0 fully saturated rings. The van der Waals surface area contributed by atoms with Gasteiger partial charge >= 0.3 is 0 Å². The molecule has 1 rings (SSSR count). The minimum Gasteiger partial charge on any atom is -0.357 e. The quantitative estimate of drug-likeness (QED) is 0.419. The van der Waals surface area contributed by atoms with Crippen LogP contribution in [0, 0.1) is 0 Å². The van der Waals surface area contributed by atoms with Gasteiger partial charge in [-0.1, -0.05) is 32.0 Å². The van der Waals surface area contributed by atoms with Gasteiger partial charge < -0.3 is 20.9 Å². The molecule has 26 heavy (non-hydrogen) atoms. The van der Waals surface area contributed by atoms with Crippen molar-refractivity contribution in [1.82, 2.24) is 15.5 Å². The summed E-state index contributed by atoms with van der Waals surface area (Å²) in [7, 11) is 0. The molecule has 1 atom stereocenters. The van der Waals surface area contributed by atoms with Crippen molar-refractivity contribution in [2.75, 3.05) is 38.0 Å². The van der Waals surface area contributed by atoms with Gasteiger partial charge in [0, 0.05) is 18.3 Å². The fourth-order valence-corrected chi connectivity index (χ4v) is 2.66. The highest BCUT2D eigenvalue weighted by atomic mass is 16.1. The van der Waals surface area contributed by atoms with E-state index in [1.807, 2.05) is 37.3 Å². The molecule has 6 nitrogen and oxygen atoms in total. The van der Waals surface area contributed by atoms with Crippen LogP contribution in [0.3, 0.4) is 0 Å². The highest BCUT2D eigenvalue weighted by Gasteiger charge is 2.08. The fourth-order valence-electron chi connectivity index (χ4n) is 2.66. The summed E-state index contributed by atoms with van der Waals surface area (Å²) in [5, 5.41) is 9.44. The first kappa shape index (κ1) is 22.0. The molecule has 0 saturated heterocycles. The van der Waals surface area contributed by atoms with E-state index in [1.165, 1.54) is 0 Å². The fraction of sp³-hybridized carbons (Fsp3) is 0.600. The lowest BCUT2D eigenvalue weighted by atomic mass is 10.2. The lowest BCUT2D eigenvalue weighted by molar-refractivity contribution is -0.114. The number of nitrogens with one attached hydrogen (secondary N) is 3. The van der Waals surface area contributed by atoms with Gasteiger partial charge in [0.05, 0.1) is 0 Å². The van der Waals surface area contributed by atoms with Crippen molar-refractivity contribution < 1.29 is 4.79 Å². The summed E-state index contributed by atoms with van der Waals surface area (Å²) >= 11 is 0. The first-order valence-corrected chi connectivity index (χ1v) is 9.71. The number of para-hydroxylation sites is 1. The Hall–Kier alpha value is -2.08. The van der Waals surface area contributed by atoms with Gasteiger partial charge in [0.2, 0.25) is 5.91 Å². The molecular formula is C20H35N5O. The number of guanidine groups is 1. The summed E-state index contributed by atoms with van der Waals surface area (Å²) in [6, 6.07) is 9.74. The number of anilines is 1. The van der Waals surface area contributed by atoms with Crippen LogP contribution in [0.1, 0.15) is 40.5 Å². The number of carbonyl (C=O) groups excluding carboxylic acids is 1. The summed E-state index contributed by atoms with van der Waals surface area (Å²) < 4.78 is 0. The lowest BCUT2D eigenvalue weighted by Crippen LogP contribution is -2.43. The predicted octanol–water partition coefficient (Wildman–Crippen LogP) is 2.69. The Bertz CT molecular complexity index is 528. The standard InChI is InChI=1S/C20H35N5O/c1-5-21-20(23-17(4)12-11-15-25(6-2)7-3)22-16-19(26)24-18-13-9-8-10-14-18/h8-10,13-14,17H,5-7,11-12,15-16H2,1-4H3,(H,24,26)(H2,21,22,23). The van der Waals surface area contributed by atoms with Crippen LogP contribution < -0.4 is 16.0 Å². The topological polar surface area (TPSA) is 68.8 Å². The molecule has 0 aromatic heterocycles. The number of nitrogens with zero attached hydrogens (tertiary/aromatic N) is 2. The smallest absolute Gasteiger partial charge is 0.246 e. The summed E-state index contributed by atoms with van der Waals surface area (Å²) in [6.45, 7) is 12.7. The highest BCUT2D eigenvalue weighted by molar-refractivity contribution is 5.94. The summed E-state index contributed by atoms with van der Waals surface area (Å²) in [5.74, 6) is 0.564. The lowest BCUT2D eigenvalue weighted by Gasteiger charge is -2.21. The summed E-state index contributed by atoms with van der Waals surface area (Å²) in [6.07, 6.45) is 2.21. The van der Waals surface area contributed by atoms with E-state index >= 15 is 0 Å². The Morgan fingerprint density at radius 2 is 1.85 bits per heavy atom. The van der Waals surface area contributed by atoms with Gasteiger partial charge in [0.1, 0.15) is 6.54 Å². The average molecular weight is 362 g/mol. The highest BCUT2D eigenvalue weighted by Crippen LogP contribution is 2.04. The van der Waals surface area contributed by atoms with E-state index in [-0.39, 0.29) is 12.5 Å². The zero-order valence-electron chi connectivity index (χ0n) is 16.7. The first-order chi connectivity index (χ1) is 12.6. The number of hydrogen-bond donors (Lipinski definition) is 3. The van der Waals surface area contributed by atoms with Crippen molar-refractivity contribution in [3.8, 4) is 0 Å². The van der Waals surface area contributed by atoms with Crippen molar-refractivity contribution in [1.29, 1.82) is 0 Å². The van der Waals surface area contributed by atoms with Gasteiger partial charge in [-0.15, -0.1) is 0 Å². The second-order valence-electron chi connectivity index (χ2n) is 6.32. The Labute approximate surface area is 158 Å². The molecule has 3 N–H and O–H groups in total. The van der Waals surface area contributed by atoms with Crippen LogP contribution in [-0.4, -0.2) is 55.5 Å². The van der Waals surface area contributed by atoms with Crippen LogP contribution in [0.2, 0.25) is 0 Å². The largest absolute Gasteiger partial charge is 0.357 e. The van der Waals surface area contributed by atoms with Crippen molar-refractivity contribution in [2.24, 2.45) is 4.99 Å². The minimum atomic E-state index is -0.123. The Kier molecular flexibility index (Phi) is 11.1. The number of aliphatic imine (C=N–C) groups is 1. The van der Waals surface area contributed by atoms with Crippen LogP contribution in [0.25, 0.3) is 0 Å². The predicted molar refractivity (Wildman–Crippen MR) is 111 cm³/mol. The summed E-state index contributed by atoms with van der Waals surface area (Å²) in [5.41, 5.74) is 0.787. The normalized spacial score (nSPS) is 12.7. The molecule has 0 saturated carbocycles. The molecule has 0 spiro atoms. The maximum absolute atomic E-state index is 12.0. The van der Waals surface area contributed by atoms with E-state index in [4.69, 9.17) is 0 Å². The second-order valence-corrected chi connectivity index (χ2v) is 6.32. The van der Waals surface area contributed by atoms with Crippen molar-refractivity contribution in [2.45, 2.75) is 46.6 Å². The number of benzene rings is 1. The maximum Gasteiger partial charge on any atom is 0.246 e. The average Bonchev–Trinajstić information content (AvgIpc) is 2.64. The molecule has 1 aromatic rings. The molecule has 0 bridgehead atoms. The zero-order chi connectivity index (χ0) is 19.2. The third-order valence-corrected chi connectivity index (χ3v) is 4.17. The Balaban J connectivity index is 2.43. The van der Waals surface area contributed by atoms with E-state index in [9.17, 15) is 4.79 Å². The van der Waals surface area contributed by atoms with E-state index in [1.54, 1.807) is 0 Å². The molecule has 1 aromatic carbocycles. The van der Waals surface area contributed by atoms with Crippen molar-refractivity contribution in [3.05, 3.63) is 30.3 Å². The number of carbonyl (C=O) groups is 1. The molecule has 6 heteroatoms. The number of amides is 1. The second kappa shape index (κ2) is 13.2. The van der Waals surface area contributed by atoms with Gasteiger partial charge in [-0.25, -0.2) is 4.99 Å². The van der Waals surface area contributed by atoms with Gasteiger partial charge in [-0.05, 0) is 58.5 Å². The maximum atomic E-state index is 12.0. The van der Waals surface area contributed by atoms with E-state index in [0.717, 1.165) is 44.7 Å². The third-order valence-electron chi connectivity index (χ3n) is 4.17. The summed E-state index contributed by atoms with van der Waals surface area (Å²) in [4.78, 5) is 18.9. The van der Waals surface area contributed by atoms with Crippen molar-refractivity contribution >= 4 is 17.6 Å². The molecule has 146 valence electrons. The molecule has 0 radical (unpaired) electrons. The molecule has 1 amide bonds. The van der Waals surface area contributed by atoms with Crippen LogP contribution in [0.4, 0.5) is 5.69 Å². The molecule has 0 heterocycles. The minimum absolute atomic E-state index is 0.0936. The van der Waals surface area contributed by atoms with Crippen LogP contribution in [0.15, 0.2) is 35.3 Å². The SMILES string of the molecule is CCNC(=NCC(=O)Nc1ccccc1)NC(C)CCCN(CC)CC. The Morgan fingerprint density at radius 1 is 1.15 bits per heavy atom. The molecular weight excluding hydrogens is 326 g/mol. The van der Waals surface area contributed by atoms with E-state index < -0.39 is 0 Å². The monoisotopic (exact) mass is 361 g/mol. The number of rotatable bonds is 11. The van der Waals surface area contributed by atoms with E-state index in [0.29, 0.717) is 12.0 Å². The Morgan fingerprint density at radius 3 is 2.46 bits per heavy atom. The van der Waals surface area contributed by atoms with Crippen LogP contribution in [-0.2, 0) is 4.79 Å².